The summed E-state index contributed by atoms with van der Waals surface area (Å²) in [5, 5.41) is 12.0. The number of carbonyl (C=O) groups excluding carboxylic acids is 1. The average molecular weight is 506 g/mol. The van der Waals surface area contributed by atoms with E-state index in [0.717, 1.165) is 30.5 Å². The molecule has 0 aliphatic carbocycles. The van der Waals surface area contributed by atoms with Crippen LogP contribution < -0.4 is 10.1 Å². The predicted octanol–water partition coefficient (Wildman–Crippen LogP) is 5.37. The standard InChI is InChI=1S/C24H23ClF3N5O2/c25-17-6-3-15(4-7-17)13-32-14-29-31-22(32)20-2-1-10-33(20)23(34)30-19-9-11-35-21-12-16(24(26,27)28)5-8-18(19)21/h3-8,12,14,19-20H,1-2,9-11,13H2,(H,30,34)/t19?,20-/m1/s1. The van der Waals surface area contributed by atoms with Crippen molar-refractivity contribution in [1.29, 1.82) is 0 Å². The van der Waals surface area contributed by atoms with Gasteiger partial charge in [-0.2, -0.15) is 13.2 Å². The molecule has 0 radical (unpaired) electrons. The zero-order valence-corrected chi connectivity index (χ0v) is 19.4. The number of halogens is 4. The number of nitrogens with zero attached hydrogens (tertiary/aromatic N) is 4. The van der Waals surface area contributed by atoms with Gasteiger partial charge in [0.25, 0.3) is 0 Å². The summed E-state index contributed by atoms with van der Waals surface area (Å²) < 4.78 is 46.6. The van der Waals surface area contributed by atoms with Crippen molar-refractivity contribution in [1.82, 2.24) is 25.0 Å². The third kappa shape index (κ3) is 4.93. The van der Waals surface area contributed by atoms with Crippen LogP contribution in [0.25, 0.3) is 0 Å². The number of nitrogens with one attached hydrogen (secondary N) is 1. The maximum atomic E-state index is 13.3. The minimum atomic E-state index is -4.46. The number of likely N-dealkylation sites (tertiary alicyclic amines) is 1. The zero-order valence-electron chi connectivity index (χ0n) is 18.6. The van der Waals surface area contributed by atoms with Gasteiger partial charge in [-0.25, -0.2) is 4.79 Å². The molecule has 3 heterocycles. The van der Waals surface area contributed by atoms with Crippen LogP contribution in [0.15, 0.2) is 48.8 Å². The Bertz CT molecular complexity index is 1210. The van der Waals surface area contributed by atoms with Crippen LogP contribution in [0.3, 0.4) is 0 Å². The minimum Gasteiger partial charge on any atom is -0.493 e. The number of amides is 2. The third-order valence-electron chi connectivity index (χ3n) is 6.40. The normalized spacial score (nSPS) is 19.8. The first-order valence-electron chi connectivity index (χ1n) is 11.3. The fourth-order valence-corrected chi connectivity index (χ4v) is 4.78. The summed E-state index contributed by atoms with van der Waals surface area (Å²) in [5.74, 6) is 0.840. The minimum absolute atomic E-state index is 0.150. The maximum absolute atomic E-state index is 13.3. The number of rotatable bonds is 4. The highest BCUT2D eigenvalue weighted by molar-refractivity contribution is 6.30. The molecule has 0 saturated carbocycles. The first-order valence-corrected chi connectivity index (χ1v) is 11.7. The summed E-state index contributed by atoms with van der Waals surface area (Å²) in [4.78, 5) is 15.0. The van der Waals surface area contributed by atoms with Gasteiger partial charge in [0.05, 0.1) is 30.8 Å². The van der Waals surface area contributed by atoms with Gasteiger partial charge in [-0.3, -0.25) is 0 Å². The fraction of sp³-hybridized carbons (Fsp3) is 0.375. The first kappa shape index (κ1) is 23.5. The largest absolute Gasteiger partial charge is 0.493 e. The number of urea groups is 1. The zero-order chi connectivity index (χ0) is 24.6. The Morgan fingerprint density at radius 2 is 1.97 bits per heavy atom. The van der Waals surface area contributed by atoms with E-state index in [-0.39, 0.29) is 24.4 Å². The SMILES string of the molecule is O=C(NC1CCOc2cc(C(F)(F)F)ccc21)N1CCC[C@@H]1c1nncn1Cc1ccc(Cl)cc1. The van der Waals surface area contributed by atoms with Crippen molar-refractivity contribution in [3.63, 3.8) is 0 Å². The Labute approximate surface area is 204 Å². The molecule has 3 aromatic rings. The van der Waals surface area contributed by atoms with Crippen LogP contribution in [-0.4, -0.2) is 38.8 Å². The number of aromatic nitrogens is 3. The van der Waals surface area contributed by atoms with Gasteiger partial charge in [-0.05, 0) is 42.7 Å². The van der Waals surface area contributed by atoms with Crippen LogP contribution in [-0.2, 0) is 12.7 Å². The molecule has 11 heteroatoms. The van der Waals surface area contributed by atoms with Crippen LogP contribution in [0.5, 0.6) is 5.75 Å². The Balaban J connectivity index is 1.32. The molecule has 2 atom stereocenters. The maximum Gasteiger partial charge on any atom is 0.416 e. The van der Waals surface area contributed by atoms with Gasteiger partial charge in [0.2, 0.25) is 0 Å². The van der Waals surface area contributed by atoms with E-state index in [9.17, 15) is 18.0 Å². The lowest BCUT2D eigenvalue weighted by Gasteiger charge is -2.31. The first-order chi connectivity index (χ1) is 16.8. The molecule has 2 aliphatic rings. The van der Waals surface area contributed by atoms with E-state index in [0.29, 0.717) is 35.9 Å². The molecule has 5 rings (SSSR count). The smallest absolute Gasteiger partial charge is 0.416 e. The quantitative estimate of drug-likeness (QED) is 0.517. The number of alkyl halides is 3. The molecule has 1 N–H and O–H groups in total. The molecule has 1 saturated heterocycles. The highest BCUT2D eigenvalue weighted by atomic mass is 35.5. The number of carbonyl (C=O) groups is 1. The van der Waals surface area contributed by atoms with Crippen molar-refractivity contribution in [3.8, 4) is 5.75 Å². The molecule has 2 amide bonds. The van der Waals surface area contributed by atoms with E-state index in [1.807, 2.05) is 28.8 Å². The summed E-state index contributed by atoms with van der Waals surface area (Å²) in [6.07, 6.45) is -0.794. The highest BCUT2D eigenvalue weighted by Gasteiger charge is 2.36. The molecule has 35 heavy (non-hydrogen) atoms. The van der Waals surface area contributed by atoms with Gasteiger partial charge in [-0.15, -0.1) is 10.2 Å². The van der Waals surface area contributed by atoms with Crippen molar-refractivity contribution in [2.24, 2.45) is 0 Å². The van der Waals surface area contributed by atoms with E-state index in [2.05, 4.69) is 15.5 Å². The van der Waals surface area contributed by atoms with Gasteiger partial charge >= 0.3 is 12.2 Å². The van der Waals surface area contributed by atoms with E-state index in [4.69, 9.17) is 16.3 Å². The Morgan fingerprint density at radius 1 is 1.17 bits per heavy atom. The lowest BCUT2D eigenvalue weighted by molar-refractivity contribution is -0.137. The summed E-state index contributed by atoms with van der Waals surface area (Å²) in [7, 11) is 0. The molecule has 1 fully saturated rings. The van der Waals surface area contributed by atoms with Gasteiger partial charge in [0.1, 0.15) is 12.1 Å². The number of ether oxygens (including phenoxy) is 1. The molecular formula is C24H23ClF3N5O2. The summed E-state index contributed by atoms with van der Waals surface area (Å²) in [6.45, 7) is 1.31. The lowest BCUT2D eigenvalue weighted by atomic mass is 9.98. The fourth-order valence-electron chi connectivity index (χ4n) is 4.66. The molecule has 184 valence electrons. The van der Waals surface area contributed by atoms with Gasteiger partial charge in [-0.1, -0.05) is 29.8 Å². The predicted molar refractivity (Wildman–Crippen MR) is 122 cm³/mol. The van der Waals surface area contributed by atoms with E-state index in [1.165, 1.54) is 6.07 Å². The van der Waals surface area contributed by atoms with Gasteiger partial charge < -0.3 is 19.5 Å². The van der Waals surface area contributed by atoms with Crippen LogP contribution in [0.2, 0.25) is 5.02 Å². The highest BCUT2D eigenvalue weighted by Crippen LogP contribution is 2.38. The topological polar surface area (TPSA) is 72.3 Å². The van der Waals surface area contributed by atoms with Crippen molar-refractivity contribution >= 4 is 17.6 Å². The molecule has 2 aliphatic heterocycles. The second-order valence-corrected chi connectivity index (χ2v) is 9.12. The number of benzene rings is 2. The summed E-state index contributed by atoms with van der Waals surface area (Å²) in [6, 6.07) is 9.91. The lowest BCUT2D eigenvalue weighted by Crippen LogP contribution is -2.43. The van der Waals surface area contributed by atoms with E-state index < -0.39 is 17.8 Å². The van der Waals surface area contributed by atoms with Crippen molar-refractivity contribution in [3.05, 3.63) is 76.3 Å². The Morgan fingerprint density at radius 3 is 2.74 bits per heavy atom. The van der Waals surface area contributed by atoms with Gasteiger partial charge in [0.15, 0.2) is 5.82 Å². The van der Waals surface area contributed by atoms with Crippen molar-refractivity contribution in [2.45, 2.75) is 44.1 Å². The van der Waals surface area contributed by atoms with Crippen molar-refractivity contribution < 1.29 is 22.7 Å². The van der Waals surface area contributed by atoms with Gasteiger partial charge in [0, 0.05) is 23.6 Å². The molecule has 0 bridgehead atoms. The van der Waals surface area contributed by atoms with Crippen LogP contribution in [0.1, 0.15) is 53.9 Å². The Hall–Kier alpha value is -3.27. The van der Waals surface area contributed by atoms with E-state index >= 15 is 0 Å². The third-order valence-corrected chi connectivity index (χ3v) is 6.65. The summed E-state index contributed by atoms with van der Waals surface area (Å²) >= 11 is 5.98. The monoisotopic (exact) mass is 505 g/mol. The molecular weight excluding hydrogens is 483 g/mol. The molecule has 2 aromatic carbocycles. The second kappa shape index (κ2) is 9.41. The van der Waals surface area contributed by atoms with Crippen molar-refractivity contribution in [2.75, 3.05) is 13.2 Å². The molecule has 0 spiro atoms. The molecule has 1 aromatic heterocycles. The molecule has 7 nitrogen and oxygen atoms in total. The number of hydrogen-bond donors (Lipinski definition) is 1. The number of hydrogen-bond acceptors (Lipinski definition) is 4. The van der Waals surface area contributed by atoms with Crippen LogP contribution >= 0.6 is 11.6 Å². The second-order valence-electron chi connectivity index (χ2n) is 8.68. The van der Waals surface area contributed by atoms with E-state index in [1.54, 1.807) is 11.2 Å². The summed E-state index contributed by atoms with van der Waals surface area (Å²) in [5.41, 5.74) is 0.795. The number of fused-ring (bicyclic) bond motifs is 1. The average Bonchev–Trinajstić information content (AvgIpc) is 3.49. The molecule has 1 unspecified atom stereocenters. The van der Waals surface area contributed by atoms with Crippen LogP contribution in [0, 0.1) is 0 Å². The van der Waals surface area contributed by atoms with Crippen LogP contribution in [0.4, 0.5) is 18.0 Å². The Kier molecular flexibility index (Phi) is 6.31.